The summed E-state index contributed by atoms with van der Waals surface area (Å²) in [4.78, 5) is 11.7. The van der Waals surface area contributed by atoms with E-state index in [4.69, 9.17) is 14.7 Å². The number of esters is 1. The van der Waals surface area contributed by atoms with Gasteiger partial charge in [-0.25, -0.2) is 4.79 Å². The van der Waals surface area contributed by atoms with Crippen LogP contribution >= 0.6 is 0 Å². The van der Waals surface area contributed by atoms with Gasteiger partial charge in [-0.15, -0.1) is 0 Å². The number of ether oxygens (including phenoxy) is 2. The lowest BCUT2D eigenvalue weighted by Crippen LogP contribution is -2.13. The number of hydrogen-bond acceptors (Lipinski definition) is 4. The molecule has 2 aromatic rings. The van der Waals surface area contributed by atoms with Crippen LogP contribution in [0.5, 0.6) is 5.75 Å². The molecule has 0 fully saturated rings. The van der Waals surface area contributed by atoms with Crippen molar-refractivity contribution in [1.29, 1.82) is 5.26 Å². The van der Waals surface area contributed by atoms with E-state index in [0.29, 0.717) is 11.3 Å². The summed E-state index contributed by atoms with van der Waals surface area (Å²) in [6.45, 7) is 7.33. The molecule has 0 saturated carbocycles. The normalized spacial score (nSPS) is 9.62. The van der Waals surface area contributed by atoms with Crippen LogP contribution in [0.25, 0.3) is 11.1 Å². The highest BCUT2D eigenvalue weighted by atomic mass is 16.5. The van der Waals surface area contributed by atoms with Gasteiger partial charge in [-0.1, -0.05) is 49.6 Å². The lowest BCUT2D eigenvalue weighted by Gasteiger charge is -2.12. The molecule has 0 N–H and O–H groups in total. The molecule has 0 heterocycles. The summed E-state index contributed by atoms with van der Waals surface area (Å²) in [5.41, 5.74) is 2.61. The van der Waals surface area contributed by atoms with Crippen molar-refractivity contribution in [3.8, 4) is 22.9 Å². The number of hydrogen-bond donors (Lipinski definition) is 0. The number of carbonyl (C=O) groups excluding carboxylic acids is 1. The molecule has 0 aromatic heterocycles. The van der Waals surface area contributed by atoms with Crippen LogP contribution in [0.4, 0.5) is 0 Å². The molecule has 2 aromatic carbocycles. The summed E-state index contributed by atoms with van der Waals surface area (Å²) >= 11 is 0. The highest BCUT2D eigenvalue weighted by Crippen LogP contribution is 2.30. The fourth-order valence-corrected chi connectivity index (χ4v) is 2.02. The summed E-state index contributed by atoms with van der Waals surface area (Å²) in [6, 6.07) is 16.8. The van der Waals surface area contributed by atoms with E-state index in [1.54, 1.807) is 12.1 Å². The van der Waals surface area contributed by atoms with Gasteiger partial charge in [-0.3, -0.25) is 0 Å². The molecule has 0 aliphatic heterocycles. The van der Waals surface area contributed by atoms with Crippen LogP contribution in [0.15, 0.2) is 73.3 Å². The Labute approximate surface area is 141 Å². The van der Waals surface area contributed by atoms with E-state index < -0.39 is 5.97 Å². The predicted molar refractivity (Wildman–Crippen MR) is 92.4 cm³/mol. The molecule has 0 amide bonds. The third kappa shape index (κ3) is 4.34. The summed E-state index contributed by atoms with van der Waals surface area (Å²) in [6.07, 6.45) is 1.49. The fourth-order valence-electron chi connectivity index (χ4n) is 2.02. The van der Waals surface area contributed by atoms with Gasteiger partial charge in [-0.05, 0) is 23.8 Å². The second-order valence-corrected chi connectivity index (χ2v) is 4.96. The second-order valence-electron chi connectivity index (χ2n) is 4.96. The molecule has 0 radical (unpaired) electrons. The summed E-state index contributed by atoms with van der Waals surface area (Å²) in [5, 5.41) is 8.88. The first-order chi connectivity index (χ1) is 11.7. The Kier molecular flexibility index (Phi) is 5.93. The van der Waals surface area contributed by atoms with Gasteiger partial charge in [0.25, 0.3) is 0 Å². The number of carbonyl (C=O) groups is 1. The van der Waals surface area contributed by atoms with Crippen LogP contribution in [-0.4, -0.2) is 19.2 Å². The molecule has 0 bridgehead atoms. The van der Waals surface area contributed by atoms with Gasteiger partial charge in [0.2, 0.25) is 0 Å². The van der Waals surface area contributed by atoms with Gasteiger partial charge in [-0.2, -0.15) is 5.26 Å². The van der Waals surface area contributed by atoms with Crippen molar-refractivity contribution in [3.63, 3.8) is 0 Å². The summed E-state index contributed by atoms with van der Waals surface area (Å²) in [7, 11) is 0. The molecule has 2 rings (SSSR count). The molecule has 0 aliphatic rings. The quantitative estimate of drug-likeness (QED) is 0.441. The lowest BCUT2D eigenvalue weighted by molar-refractivity contribution is -0.138. The van der Waals surface area contributed by atoms with Gasteiger partial charge < -0.3 is 9.47 Å². The van der Waals surface area contributed by atoms with Crippen molar-refractivity contribution in [2.24, 2.45) is 0 Å². The van der Waals surface area contributed by atoms with E-state index in [1.807, 2.05) is 36.4 Å². The highest BCUT2D eigenvalue weighted by Gasteiger charge is 2.11. The molecular formula is C20H17NO3. The maximum Gasteiger partial charge on any atom is 0.337 e. The maximum absolute atomic E-state index is 11.7. The Morgan fingerprint density at radius 2 is 1.88 bits per heavy atom. The monoisotopic (exact) mass is 319 g/mol. The lowest BCUT2D eigenvalue weighted by atomic mass is 10.0. The average Bonchev–Trinajstić information content (AvgIpc) is 2.64. The second kappa shape index (κ2) is 8.35. The molecule has 0 saturated heterocycles. The van der Waals surface area contributed by atoms with Crippen LogP contribution in [0.3, 0.4) is 0 Å². The minimum atomic E-state index is -0.509. The van der Waals surface area contributed by atoms with E-state index >= 15 is 0 Å². The van der Waals surface area contributed by atoms with E-state index in [-0.39, 0.29) is 18.8 Å². The largest absolute Gasteiger partial charge is 0.488 e. The van der Waals surface area contributed by atoms with E-state index in [1.165, 1.54) is 6.08 Å². The van der Waals surface area contributed by atoms with Gasteiger partial charge in [0.15, 0.2) is 0 Å². The number of nitrogens with zero attached hydrogens (tertiary/aromatic N) is 1. The van der Waals surface area contributed by atoms with Crippen LogP contribution in [-0.2, 0) is 9.53 Å². The summed E-state index contributed by atoms with van der Waals surface area (Å²) in [5.74, 6) is 0.116. The maximum atomic E-state index is 11.7. The smallest absolute Gasteiger partial charge is 0.337 e. The number of nitriles is 1. The predicted octanol–water partition coefficient (Wildman–Crippen LogP) is 3.89. The zero-order valence-corrected chi connectivity index (χ0v) is 13.2. The minimum Gasteiger partial charge on any atom is -0.488 e. The third-order valence-corrected chi connectivity index (χ3v) is 3.23. The molecule has 4 nitrogen and oxygen atoms in total. The van der Waals surface area contributed by atoms with Crippen LogP contribution in [0.2, 0.25) is 0 Å². The highest BCUT2D eigenvalue weighted by molar-refractivity contribution is 5.88. The van der Waals surface area contributed by atoms with Crippen molar-refractivity contribution in [3.05, 3.63) is 78.9 Å². The Morgan fingerprint density at radius 3 is 2.54 bits per heavy atom. The molecular weight excluding hydrogens is 302 g/mol. The van der Waals surface area contributed by atoms with Gasteiger partial charge >= 0.3 is 5.97 Å². The number of benzene rings is 2. The van der Waals surface area contributed by atoms with E-state index in [0.717, 1.165) is 11.1 Å². The fraction of sp³-hybridized carbons (Fsp3) is 0.100. The first-order valence-electron chi connectivity index (χ1n) is 7.34. The molecule has 0 unspecified atom stereocenters. The Morgan fingerprint density at radius 1 is 1.17 bits per heavy atom. The molecule has 4 heteroatoms. The van der Waals surface area contributed by atoms with Crippen molar-refractivity contribution >= 4 is 5.97 Å². The van der Waals surface area contributed by atoms with Crippen LogP contribution in [0.1, 0.15) is 5.56 Å². The van der Waals surface area contributed by atoms with Crippen molar-refractivity contribution < 1.29 is 14.3 Å². The first kappa shape index (κ1) is 17.0. The zero-order valence-electron chi connectivity index (χ0n) is 13.2. The Hall–Kier alpha value is -3.32. The van der Waals surface area contributed by atoms with E-state index in [9.17, 15) is 4.79 Å². The average molecular weight is 319 g/mol. The first-order valence-corrected chi connectivity index (χ1v) is 7.34. The Balaban J connectivity index is 2.11. The number of para-hydroxylation sites is 1. The number of rotatable bonds is 7. The van der Waals surface area contributed by atoms with Crippen molar-refractivity contribution in [2.45, 2.75) is 0 Å². The Bertz CT molecular complexity index is 785. The molecule has 0 spiro atoms. The van der Waals surface area contributed by atoms with Gasteiger partial charge in [0, 0.05) is 5.56 Å². The minimum absolute atomic E-state index is 0.0310. The topological polar surface area (TPSA) is 59.3 Å². The van der Waals surface area contributed by atoms with Crippen molar-refractivity contribution in [1.82, 2.24) is 0 Å². The molecule has 0 atom stereocenters. The van der Waals surface area contributed by atoms with Crippen molar-refractivity contribution in [2.75, 3.05) is 13.2 Å². The summed E-state index contributed by atoms with van der Waals surface area (Å²) < 4.78 is 10.6. The van der Waals surface area contributed by atoms with Gasteiger partial charge in [0.1, 0.15) is 19.0 Å². The van der Waals surface area contributed by atoms with Crippen LogP contribution < -0.4 is 4.74 Å². The standard InChI is InChI=1S/C20H17NO3/c1-3-12-23-20(22)15(2)14-24-19-7-5-4-6-18(19)17-10-8-16(13-21)9-11-17/h3-11H,1-2,12,14H2. The molecule has 24 heavy (non-hydrogen) atoms. The third-order valence-electron chi connectivity index (χ3n) is 3.23. The molecule has 0 aliphatic carbocycles. The zero-order chi connectivity index (χ0) is 17.4. The van der Waals surface area contributed by atoms with Crippen LogP contribution in [0, 0.1) is 11.3 Å². The SMILES string of the molecule is C=CCOC(=O)C(=C)COc1ccccc1-c1ccc(C#N)cc1. The van der Waals surface area contributed by atoms with E-state index in [2.05, 4.69) is 19.2 Å². The molecule has 120 valence electrons. The van der Waals surface area contributed by atoms with Gasteiger partial charge in [0.05, 0.1) is 17.2 Å².